The molecule has 0 aliphatic heterocycles. The van der Waals surface area contributed by atoms with Gasteiger partial charge in [0.1, 0.15) is 9.84 Å². The van der Waals surface area contributed by atoms with Crippen LogP contribution < -0.4 is 5.32 Å². The van der Waals surface area contributed by atoms with Crippen molar-refractivity contribution in [2.45, 2.75) is 6.92 Å². The van der Waals surface area contributed by atoms with E-state index < -0.39 is 9.84 Å². The van der Waals surface area contributed by atoms with Crippen LogP contribution in [0.5, 0.6) is 0 Å². The first-order chi connectivity index (χ1) is 6.47. The molecule has 0 atom stereocenters. The third kappa shape index (κ3) is 4.18. The molecule has 6 heteroatoms. The highest BCUT2D eigenvalue weighted by molar-refractivity contribution is 7.90. The average Bonchev–Trinajstić information content (AvgIpc) is 2.01. The van der Waals surface area contributed by atoms with Gasteiger partial charge in [-0.2, -0.15) is 0 Å². The van der Waals surface area contributed by atoms with Crippen molar-refractivity contribution in [3.8, 4) is 0 Å². The molecular weight excluding hydrogens is 202 g/mol. The van der Waals surface area contributed by atoms with Crippen molar-refractivity contribution in [1.29, 1.82) is 0 Å². The fourth-order valence-corrected chi connectivity index (χ4v) is 1.36. The lowest BCUT2D eigenvalue weighted by Crippen LogP contribution is -2.15. The van der Waals surface area contributed by atoms with Gasteiger partial charge in [0.25, 0.3) is 0 Å². The number of aryl methyl sites for hydroxylation is 1. The fraction of sp³-hybridized carbons (Fsp3) is 0.500. The first-order valence-corrected chi connectivity index (χ1v) is 6.25. The van der Waals surface area contributed by atoms with Gasteiger partial charge in [0.05, 0.1) is 5.75 Å². The number of anilines is 1. The molecule has 1 aromatic heterocycles. The van der Waals surface area contributed by atoms with Crippen LogP contribution in [-0.4, -0.2) is 36.9 Å². The molecule has 0 bridgehead atoms. The van der Waals surface area contributed by atoms with Crippen LogP contribution in [0.3, 0.4) is 0 Å². The Kier molecular flexibility index (Phi) is 3.40. The Morgan fingerprint density at radius 1 is 1.50 bits per heavy atom. The van der Waals surface area contributed by atoms with Crippen molar-refractivity contribution in [2.75, 3.05) is 23.9 Å². The number of hydrogen-bond acceptors (Lipinski definition) is 5. The predicted octanol–water partition coefficient (Wildman–Crippen LogP) is 0.242. The maximum atomic E-state index is 10.8. The molecule has 0 aliphatic rings. The molecular formula is C8H13N3O2S. The molecule has 14 heavy (non-hydrogen) atoms. The third-order valence-electron chi connectivity index (χ3n) is 1.55. The molecule has 0 saturated heterocycles. The highest BCUT2D eigenvalue weighted by atomic mass is 32.2. The Bertz CT molecular complexity index is 403. The van der Waals surface area contributed by atoms with E-state index in [1.54, 1.807) is 12.3 Å². The Hall–Kier alpha value is -1.17. The summed E-state index contributed by atoms with van der Waals surface area (Å²) in [6, 6.07) is 1.78. The van der Waals surface area contributed by atoms with E-state index in [1.807, 2.05) is 6.92 Å². The Labute approximate surface area is 83.5 Å². The standard InChI is InChI=1S/C8H13N3O2S/c1-7-3-4-9-8(11-7)10-5-6-14(2,12)13/h3-4H,5-6H2,1-2H3,(H,9,10,11). The minimum atomic E-state index is -2.92. The normalized spacial score (nSPS) is 11.3. The van der Waals surface area contributed by atoms with Crippen molar-refractivity contribution >= 4 is 15.8 Å². The molecule has 0 saturated carbocycles. The lowest BCUT2D eigenvalue weighted by Gasteiger charge is -2.03. The molecule has 5 nitrogen and oxygen atoms in total. The summed E-state index contributed by atoms with van der Waals surface area (Å²) in [7, 11) is -2.92. The van der Waals surface area contributed by atoms with Gasteiger partial charge in [-0.15, -0.1) is 0 Å². The summed E-state index contributed by atoms with van der Waals surface area (Å²) in [5, 5.41) is 2.84. The van der Waals surface area contributed by atoms with Gasteiger partial charge in [0.2, 0.25) is 5.95 Å². The quantitative estimate of drug-likeness (QED) is 0.779. The number of aromatic nitrogens is 2. The number of nitrogens with one attached hydrogen (secondary N) is 1. The first-order valence-electron chi connectivity index (χ1n) is 4.18. The van der Waals surface area contributed by atoms with Crippen LogP contribution in [0.1, 0.15) is 5.69 Å². The smallest absolute Gasteiger partial charge is 0.222 e. The molecule has 0 aromatic carbocycles. The van der Waals surface area contributed by atoms with Crippen molar-refractivity contribution in [2.24, 2.45) is 0 Å². The SMILES string of the molecule is Cc1ccnc(NCCS(C)(=O)=O)n1. The van der Waals surface area contributed by atoms with Gasteiger partial charge < -0.3 is 5.32 Å². The van der Waals surface area contributed by atoms with Crippen molar-refractivity contribution in [3.05, 3.63) is 18.0 Å². The van der Waals surface area contributed by atoms with Crippen LogP contribution in [0, 0.1) is 6.92 Å². The Morgan fingerprint density at radius 3 is 2.79 bits per heavy atom. The number of hydrogen-bond donors (Lipinski definition) is 1. The summed E-state index contributed by atoms with van der Waals surface area (Å²) in [5.74, 6) is 0.554. The van der Waals surface area contributed by atoms with E-state index in [9.17, 15) is 8.42 Å². The van der Waals surface area contributed by atoms with Crippen molar-refractivity contribution in [3.63, 3.8) is 0 Å². The van der Waals surface area contributed by atoms with E-state index in [4.69, 9.17) is 0 Å². The van der Waals surface area contributed by atoms with Gasteiger partial charge in [-0.25, -0.2) is 18.4 Å². The second-order valence-electron chi connectivity index (χ2n) is 3.08. The van der Waals surface area contributed by atoms with Gasteiger partial charge in [0, 0.05) is 24.7 Å². The molecule has 0 radical (unpaired) electrons. The summed E-state index contributed by atoms with van der Waals surface area (Å²) in [6.07, 6.45) is 2.83. The van der Waals surface area contributed by atoms with E-state index in [0.717, 1.165) is 5.69 Å². The highest BCUT2D eigenvalue weighted by Gasteiger charge is 2.01. The molecule has 0 unspecified atom stereocenters. The van der Waals surface area contributed by atoms with Crippen molar-refractivity contribution < 1.29 is 8.42 Å². The van der Waals surface area contributed by atoms with E-state index in [1.165, 1.54) is 6.26 Å². The molecule has 78 valence electrons. The predicted molar refractivity (Wildman–Crippen MR) is 55.0 cm³/mol. The zero-order valence-corrected chi connectivity index (χ0v) is 9.00. The molecule has 0 spiro atoms. The molecule has 1 aromatic rings. The summed E-state index contributed by atoms with van der Waals surface area (Å²) in [4.78, 5) is 8.02. The minimum absolute atomic E-state index is 0.0876. The van der Waals surface area contributed by atoms with Crippen molar-refractivity contribution in [1.82, 2.24) is 9.97 Å². The van der Waals surface area contributed by atoms with Crippen LogP contribution in [0.15, 0.2) is 12.3 Å². The van der Waals surface area contributed by atoms with Crippen LogP contribution in [0.4, 0.5) is 5.95 Å². The van der Waals surface area contributed by atoms with E-state index in [2.05, 4.69) is 15.3 Å². The molecule has 1 N–H and O–H groups in total. The van der Waals surface area contributed by atoms with Crippen LogP contribution in [-0.2, 0) is 9.84 Å². The van der Waals surface area contributed by atoms with Gasteiger partial charge >= 0.3 is 0 Å². The van der Waals surface area contributed by atoms with Crippen LogP contribution >= 0.6 is 0 Å². The van der Waals surface area contributed by atoms with E-state index in [-0.39, 0.29) is 5.75 Å². The largest absolute Gasteiger partial charge is 0.353 e. The van der Waals surface area contributed by atoms with Gasteiger partial charge in [-0.1, -0.05) is 0 Å². The van der Waals surface area contributed by atoms with Crippen LogP contribution in [0.2, 0.25) is 0 Å². The summed E-state index contributed by atoms with van der Waals surface area (Å²) in [6.45, 7) is 2.19. The zero-order chi connectivity index (χ0) is 10.6. The number of nitrogens with zero attached hydrogens (tertiary/aromatic N) is 2. The molecule has 1 heterocycles. The summed E-state index contributed by atoms with van der Waals surface area (Å²) in [5.41, 5.74) is 0.849. The Balaban J connectivity index is 2.47. The van der Waals surface area contributed by atoms with E-state index in [0.29, 0.717) is 12.5 Å². The maximum Gasteiger partial charge on any atom is 0.222 e. The summed E-state index contributed by atoms with van der Waals surface area (Å²) >= 11 is 0. The van der Waals surface area contributed by atoms with Gasteiger partial charge in [0.15, 0.2) is 0 Å². The molecule has 1 rings (SSSR count). The zero-order valence-electron chi connectivity index (χ0n) is 8.19. The molecule has 0 fully saturated rings. The third-order valence-corrected chi connectivity index (χ3v) is 2.50. The van der Waals surface area contributed by atoms with Gasteiger partial charge in [-0.3, -0.25) is 0 Å². The Morgan fingerprint density at radius 2 is 2.21 bits per heavy atom. The molecule has 0 aliphatic carbocycles. The highest BCUT2D eigenvalue weighted by Crippen LogP contribution is 1.98. The number of sulfone groups is 1. The summed E-state index contributed by atoms with van der Waals surface area (Å²) < 4.78 is 21.6. The first kappa shape index (κ1) is 10.9. The minimum Gasteiger partial charge on any atom is -0.353 e. The topological polar surface area (TPSA) is 72.0 Å². The lowest BCUT2D eigenvalue weighted by molar-refractivity contribution is 0.602. The second kappa shape index (κ2) is 4.36. The average molecular weight is 215 g/mol. The second-order valence-corrected chi connectivity index (χ2v) is 5.34. The monoisotopic (exact) mass is 215 g/mol. The van der Waals surface area contributed by atoms with Crippen LogP contribution in [0.25, 0.3) is 0 Å². The maximum absolute atomic E-state index is 10.8. The fourth-order valence-electron chi connectivity index (χ4n) is 0.882. The lowest BCUT2D eigenvalue weighted by atomic mass is 10.5. The number of rotatable bonds is 4. The van der Waals surface area contributed by atoms with Gasteiger partial charge in [-0.05, 0) is 13.0 Å². The van der Waals surface area contributed by atoms with E-state index >= 15 is 0 Å². The molecule has 0 amide bonds.